The minimum atomic E-state index is -0.122. The van der Waals surface area contributed by atoms with Crippen LogP contribution in [0, 0.1) is 32.1 Å². The molecule has 0 aliphatic carbocycles. The molecule has 8 heteroatoms. The van der Waals surface area contributed by atoms with Gasteiger partial charge in [0.25, 0.3) is 11.1 Å². The number of thioether (sulfide) groups is 1. The first-order valence-corrected chi connectivity index (χ1v) is 9.73. The number of amides is 1. The first kappa shape index (κ1) is 19.7. The van der Waals surface area contributed by atoms with E-state index in [2.05, 4.69) is 16.3 Å². The number of hydrogen-bond acceptors (Lipinski definition) is 7. The van der Waals surface area contributed by atoms with Crippen molar-refractivity contribution in [2.24, 2.45) is 0 Å². The molecule has 2 aromatic heterocycles. The summed E-state index contributed by atoms with van der Waals surface area (Å²) in [6.07, 6.45) is 1.82. The van der Waals surface area contributed by atoms with Crippen LogP contribution < -0.4 is 4.90 Å². The van der Waals surface area contributed by atoms with E-state index in [0.29, 0.717) is 23.4 Å². The average Bonchev–Trinajstić information content (AvgIpc) is 3.31. The van der Waals surface area contributed by atoms with Crippen LogP contribution in [0.15, 0.2) is 44.6 Å². The Morgan fingerprint density at radius 2 is 2.04 bits per heavy atom. The van der Waals surface area contributed by atoms with E-state index < -0.39 is 0 Å². The molecule has 0 atom stereocenters. The van der Waals surface area contributed by atoms with Gasteiger partial charge in [0.2, 0.25) is 5.91 Å². The molecule has 1 amide bonds. The topological polar surface area (TPSA) is 96.2 Å². The third kappa shape index (κ3) is 4.43. The molecule has 1 aromatic carbocycles. The summed E-state index contributed by atoms with van der Waals surface area (Å²) in [5, 5.41) is 17.2. The lowest BCUT2D eigenvalue weighted by Gasteiger charge is -2.22. The molecule has 0 saturated heterocycles. The van der Waals surface area contributed by atoms with Crippen molar-refractivity contribution in [2.45, 2.75) is 32.4 Å². The fraction of sp³-hybridized carbons (Fsp3) is 0.300. The molecule has 0 spiro atoms. The molecule has 0 bridgehead atoms. The molecule has 144 valence electrons. The van der Waals surface area contributed by atoms with E-state index >= 15 is 0 Å². The second-order valence-corrected chi connectivity index (χ2v) is 7.20. The molecule has 0 aliphatic heterocycles. The molecule has 0 N–H and O–H groups in total. The molecule has 0 aliphatic rings. The van der Waals surface area contributed by atoms with Crippen molar-refractivity contribution >= 4 is 23.4 Å². The Hall–Kier alpha value is -3.05. The van der Waals surface area contributed by atoms with Crippen molar-refractivity contribution < 1.29 is 13.6 Å². The maximum atomic E-state index is 12.8. The molecular weight excluding hydrogens is 376 g/mol. The first-order valence-electron chi connectivity index (χ1n) is 8.75. The van der Waals surface area contributed by atoms with Gasteiger partial charge in [0.15, 0.2) is 0 Å². The monoisotopic (exact) mass is 396 g/mol. The van der Waals surface area contributed by atoms with Gasteiger partial charge in [-0.3, -0.25) is 4.79 Å². The van der Waals surface area contributed by atoms with E-state index in [4.69, 9.17) is 14.1 Å². The standard InChI is InChI=1S/C20H20N4O3S/c1-13-5-6-16(11-14(13)2)24(9-4-8-21)18(25)12-28-20-23-22-19(27-20)17-7-10-26-15(17)3/h5-7,10-11H,4,9,12H2,1-3H3. The number of anilines is 1. The number of nitrogens with zero attached hydrogens (tertiary/aromatic N) is 4. The quantitative estimate of drug-likeness (QED) is 0.549. The van der Waals surface area contributed by atoms with Crippen LogP contribution in [0.3, 0.4) is 0 Å². The Labute approximate surface area is 167 Å². The molecule has 0 unspecified atom stereocenters. The number of benzene rings is 1. The minimum Gasteiger partial charge on any atom is -0.469 e. The highest BCUT2D eigenvalue weighted by Gasteiger charge is 2.19. The minimum absolute atomic E-state index is 0.122. The van der Waals surface area contributed by atoms with E-state index in [1.54, 1.807) is 17.2 Å². The summed E-state index contributed by atoms with van der Waals surface area (Å²) in [6.45, 7) is 6.16. The van der Waals surface area contributed by atoms with Crippen LogP contribution >= 0.6 is 11.8 Å². The Morgan fingerprint density at radius 1 is 1.21 bits per heavy atom. The van der Waals surface area contributed by atoms with Crippen LogP contribution in [-0.4, -0.2) is 28.4 Å². The highest BCUT2D eigenvalue weighted by atomic mass is 32.2. The summed E-state index contributed by atoms with van der Waals surface area (Å²) in [5.74, 6) is 1.05. The third-order valence-electron chi connectivity index (χ3n) is 4.37. The summed E-state index contributed by atoms with van der Waals surface area (Å²) < 4.78 is 10.9. The number of furan rings is 1. The zero-order valence-corrected chi connectivity index (χ0v) is 16.7. The van der Waals surface area contributed by atoms with E-state index in [1.165, 1.54) is 11.8 Å². The van der Waals surface area contributed by atoms with Gasteiger partial charge in [-0.25, -0.2) is 0 Å². The number of aromatic nitrogens is 2. The molecule has 0 saturated carbocycles. The number of hydrogen-bond donors (Lipinski definition) is 0. The van der Waals surface area contributed by atoms with Crippen LogP contribution in [0.2, 0.25) is 0 Å². The zero-order valence-electron chi connectivity index (χ0n) is 15.9. The van der Waals surface area contributed by atoms with Crippen molar-refractivity contribution in [3.8, 4) is 17.5 Å². The lowest BCUT2D eigenvalue weighted by atomic mass is 10.1. The van der Waals surface area contributed by atoms with Crippen LogP contribution in [0.25, 0.3) is 11.5 Å². The largest absolute Gasteiger partial charge is 0.469 e. The van der Waals surface area contributed by atoms with Gasteiger partial charge in [-0.2, -0.15) is 5.26 Å². The summed E-state index contributed by atoms with van der Waals surface area (Å²) in [7, 11) is 0. The third-order valence-corrected chi connectivity index (χ3v) is 5.17. The van der Waals surface area contributed by atoms with Crippen LogP contribution in [0.1, 0.15) is 23.3 Å². The van der Waals surface area contributed by atoms with Gasteiger partial charge in [-0.05, 0) is 50.1 Å². The molecule has 3 rings (SSSR count). The van der Waals surface area contributed by atoms with Gasteiger partial charge in [0.05, 0.1) is 30.1 Å². The molecule has 7 nitrogen and oxygen atoms in total. The maximum absolute atomic E-state index is 12.8. The normalized spacial score (nSPS) is 10.6. The Morgan fingerprint density at radius 3 is 2.71 bits per heavy atom. The average molecular weight is 396 g/mol. The van der Waals surface area contributed by atoms with Crippen molar-refractivity contribution in [1.82, 2.24) is 10.2 Å². The smallest absolute Gasteiger partial charge is 0.277 e. The lowest BCUT2D eigenvalue weighted by Crippen LogP contribution is -2.33. The molecule has 2 heterocycles. The van der Waals surface area contributed by atoms with Crippen molar-refractivity contribution in [3.63, 3.8) is 0 Å². The lowest BCUT2D eigenvalue weighted by molar-refractivity contribution is -0.116. The summed E-state index contributed by atoms with van der Waals surface area (Å²) in [6, 6.07) is 9.68. The second-order valence-electron chi connectivity index (χ2n) is 6.27. The molecular formula is C20H20N4O3S. The van der Waals surface area contributed by atoms with E-state index in [-0.39, 0.29) is 18.1 Å². The Kier molecular flexibility index (Phi) is 6.16. The van der Waals surface area contributed by atoms with Crippen LogP contribution in [0.5, 0.6) is 0 Å². The Balaban J connectivity index is 1.70. The highest BCUT2D eigenvalue weighted by Crippen LogP contribution is 2.27. The van der Waals surface area contributed by atoms with E-state index in [9.17, 15) is 4.79 Å². The van der Waals surface area contributed by atoms with E-state index in [0.717, 1.165) is 22.4 Å². The number of nitriles is 1. The first-order chi connectivity index (χ1) is 13.5. The SMILES string of the molecule is Cc1ccc(N(CCC#N)C(=O)CSc2nnc(-c3ccoc3C)o2)cc1C. The predicted molar refractivity (Wildman–Crippen MR) is 106 cm³/mol. The molecule has 28 heavy (non-hydrogen) atoms. The van der Waals surface area contributed by atoms with Crippen LogP contribution in [0.4, 0.5) is 5.69 Å². The number of rotatable bonds is 7. The summed E-state index contributed by atoms with van der Waals surface area (Å²) >= 11 is 1.17. The Bertz CT molecular complexity index is 1020. The number of aryl methyl sites for hydroxylation is 3. The predicted octanol–water partition coefficient (Wildman–Crippen LogP) is 4.29. The highest BCUT2D eigenvalue weighted by molar-refractivity contribution is 7.99. The van der Waals surface area contributed by atoms with Gasteiger partial charge < -0.3 is 13.7 Å². The summed E-state index contributed by atoms with van der Waals surface area (Å²) in [4.78, 5) is 14.4. The fourth-order valence-electron chi connectivity index (χ4n) is 2.64. The van der Waals surface area contributed by atoms with Crippen molar-refractivity contribution in [1.29, 1.82) is 5.26 Å². The van der Waals surface area contributed by atoms with Crippen molar-refractivity contribution in [2.75, 3.05) is 17.2 Å². The van der Waals surface area contributed by atoms with Crippen molar-refractivity contribution in [3.05, 3.63) is 47.4 Å². The van der Waals surface area contributed by atoms with Gasteiger partial charge in [0, 0.05) is 12.2 Å². The van der Waals surface area contributed by atoms with Gasteiger partial charge in [-0.1, -0.05) is 17.8 Å². The molecule has 3 aromatic rings. The fourth-order valence-corrected chi connectivity index (χ4v) is 3.28. The number of carbonyl (C=O) groups excluding carboxylic acids is 1. The second kappa shape index (κ2) is 8.76. The van der Waals surface area contributed by atoms with Gasteiger partial charge in [0.1, 0.15) is 5.76 Å². The number of carbonyl (C=O) groups is 1. The zero-order chi connectivity index (χ0) is 20.1. The maximum Gasteiger partial charge on any atom is 0.277 e. The van der Waals surface area contributed by atoms with Gasteiger partial charge >= 0.3 is 0 Å². The summed E-state index contributed by atoms with van der Waals surface area (Å²) in [5.41, 5.74) is 3.76. The van der Waals surface area contributed by atoms with Gasteiger partial charge in [-0.15, -0.1) is 10.2 Å². The van der Waals surface area contributed by atoms with E-state index in [1.807, 2.05) is 39.0 Å². The molecule has 0 radical (unpaired) electrons. The van der Waals surface area contributed by atoms with Crippen LogP contribution in [-0.2, 0) is 4.79 Å². The molecule has 0 fully saturated rings.